The van der Waals surface area contributed by atoms with E-state index >= 15 is 0 Å². The molecule has 2 aromatic carbocycles. The second-order valence-corrected chi connectivity index (χ2v) is 4.69. The quantitative estimate of drug-likeness (QED) is 0.638. The zero-order chi connectivity index (χ0) is 14.0. The average Bonchev–Trinajstić information content (AvgIpc) is 2.33. The molecule has 0 aliphatic heterocycles. The molecule has 0 fully saturated rings. The fraction of sp³-hybridized carbons (Fsp3) is 0.0769. The van der Waals surface area contributed by atoms with E-state index in [1.807, 2.05) is 0 Å². The van der Waals surface area contributed by atoms with E-state index in [0.29, 0.717) is 6.07 Å². The van der Waals surface area contributed by atoms with Gasteiger partial charge in [0.2, 0.25) is 0 Å². The van der Waals surface area contributed by atoms with Crippen molar-refractivity contribution in [3.63, 3.8) is 0 Å². The van der Waals surface area contributed by atoms with Gasteiger partial charge in [0.1, 0.15) is 23.3 Å². The zero-order valence-corrected chi connectivity index (χ0v) is 11.1. The normalized spacial score (nSPS) is 10.6. The highest BCUT2D eigenvalue weighted by atomic mass is 79.9. The van der Waals surface area contributed by atoms with Crippen LogP contribution in [-0.4, -0.2) is 0 Å². The molecule has 0 amide bonds. The van der Waals surface area contributed by atoms with E-state index in [-0.39, 0.29) is 22.3 Å². The summed E-state index contributed by atoms with van der Waals surface area (Å²) in [6.45, 7) is -0.222. The molecule has 1 nitrogen and oxygen atoms in total. The van der Waals surface area contributed by atoms with Crippen LogP contribution in [0, 0.1) is 23.3 Å². The topological polar surface area (TPSA) is 12.0 Å². The molecule has 0 atom stereocenters. The second-order valence-electron chi connectivity index (χ2n) is 3.83. The lowest BCUT2D eigenvalue weighted by Gasteiger charge is -2.09. The van der Waals surface area contributed by atoms with Crippen LogP contribution in [0.3, 0.4) is 0 Å². The van der Waals surface area contributed by atoms with Crippen LogP contribution in [0.5, 0.6) is 0 Å². The van der Waals surface area contributed by atoms with E-state index < -0.39 is 23.3 Å². The number of hydrogen-bond donors (Lipinski definition) is 1. The Bertz CT molecular complexity index is 596. The van der Waals surface area contributed by atoms with Gasteiger partial charge in [0, 0.05) is 23.9 Å². The van der Waals surface area contributed by atoms with Crippen molar-refractivity contribution in [2.75, 3.05) is 5.32 Å². The van der Waals surface area contributed by atoms with Crippen LogP contribution < -0.4 is 5.32 Å². The first kappa shape index (κ1) is 13.9. The fourth-order valence-electron chi connectivity index (χ4n) is 1.58. The first-order valence-electron chi connectivity index (χ1n) is 5.29. The highest BCUT2D eigenvalue weighted by Gasteiger charge is 2.12. The van der Waals surface area contributed by atoms with Gasteiger partial charge >= 0.3 is 0 Å². The van der Waals surface area contributed by atoms with E-state index in [0.717, 1.165) is 18.2 Å². The third kappa shape index (κ3) is 3.26. The largest absolute Gasteiger partial charge is 0.381 e. The molecule has 0 aliphatic rings. The van der Waals surface area contributed by atoms with Crippen molar-refractivity contribution in [1.29, 1.82) is 0 Å². The van der Waals surface area contributed by atoms with Crippen LogP contribution in [0.1, 0.15) is 5.56 Å². The molecule has 0 saturated carbocycles. The van der Waals surface area contributed by atoms with Crippen LogP contribution >= 0.6 is 15.9 Å². The minimum Gasteiger partial charge on any atom is -0.381 e. The van der Waals surface area contributed by atoms with Gasteiger partial charge in [0.15, 0.2) is 0 Å². The third-order valence-corrected chi connectivity index (χ3v) is 3.08. The SMILES string of the molecule is Fc1cc(F)cc(NCc2c(F)ccc(Br)c2F)c1. The maximum absolute atomic E-state index is 13.6. The number of benzene rings is 2. The summed E-state index contributed by atoms with van der Waals surface area (Å²) in [7, 11) is 0. The van der Waals surface area contributed by atoms with Crippen LogP contribution in [0.4, 0.5) is 23.2 Å². The lowest BCUT2D eigenvalue weighted by atomic mass is 10.2. The Kier molecular flexibility index (Phi) is 4.09. The number of hydrogen-bond acceptors (Lipinski definition) is 1. The summed E-state index contributed by atoms with van der Waals surface area (Å²) in [6, 6.07) is 5.14. The minimum absolute atomic E-state index is 0.108. The van der Waals surface area contributed by atoms with Crippen molar-refractivity contribution in [3.8, 4) is 0 Å². The zero-order valence-electron chi connectivity index (χ0n) is 9.48. The molecule has 2 aromatic rings. The Morgan fingerprint density at radius 1 is 0.947 bits per heavy atom. The lowest BCUT2D eigenvalue weighted by Crippen LogP contribution is -2.05. The molecule has 0 aromatic heterocycles. The number of halogens is 5. The molecule has 0 radical (unpaired) electrons. The van der Waals surface area contributed by atoms with Gasteiger partial charge in [-0.15, -0.1) is 0 Å². The minimum atomic E-state index is -0.766. The summed E-state index contributed by atoms with van der Waals surface area (Å²) < 4.78 is 53.1. The van der Waals surface area contributed by atoms with Gasteiger partial charge in [-0.2, -0.15) is 0 Å². The molecule has 2 rings (SSSR count). The number of anilines is 1. The summed E-state index contributed by atoms with van der Waals surface area (Å²) in [5.41, 5.74) is -0.102. The summed E-state index contributed by atoms with van der Waals surface area (Å²) >= 11 is 2.94. The Morgan fingerprint density at radius 2 is 1.58 bits per heavy atom. The van der Waals surface area contributed by atoms with E-state index in [9.17, 15) is 17.6 Å². The standard InChI is InChI=1S/C13H8BrF4N/c14-11-1-2-12(17)10(13(11)18)6-19-9-4-7(15)3-8(16)5-9/h1-5,19H,6H2. The summed E-state index contributed by atoms with van der Waals surface area (Å²) in [5.74, 6) is -3.01. The Balaban J connectivity index is 2.21. The molecule has 19 heavy (non-hydrogen) atoms. The summed E-state index contributed by atoms with van der Waals surface area (Å²) in [5, 5.41) is 2.57. The highest BCUT2D eigenvalue weighted by molar-refractivity contribution is 9.10. The first-order valence-corrected chi connectivity index (χ1v) is 6.09. The fourth-order valence-corrected chi connectivity index (χ4v) is 1.95. The predicted octanol–water partition coefficient (Wildman–Crippen LogP) is 4.62. The van der Waals surface area contributed by atoms with Crippen molar-refractivity contribution in [3.05, 3.63) is 63.6 Å². The van der Waals surface area contributed by atoms with Gasteiger partial charge < -0.3 is 5.32 Å². The van der Waals surface area contributed by atoms with E-state index in [4.69, 9.17) is 0 Å². The second kappa shape index (κ2) is 5.61. The van der Waals surface area contributed by atoms with Gasteiger partial charge in [-0.1, -0.05) is 0 Å². The molecular weight excluding hydrogens is 326 g/mol. The van der Waals surface area contributed by atoms with Crippen LogP contribution in [0.15, 0.2) is 34.8 Å². The van der Waals surface area contributed by atoms with E-state index in [1.54, 1.807) is 0 Å². The van der Waals surface area contributed by atoms with E-state index in [1.165, 1.54) is 6.07 Å². The maximum atomic E-state index is 13.6. The van der Waals surface area contributed by atoms with Crippen molar-refractivity contribution in [2.24, 2.45) is 0 Å². The molecule has 6 heteroatoms. The summed E-state index contributed by atoms with van der Waals surface area (Å²) in [6.07, 6.45) is 0. The van der Waals surface area contributed by atoms with Crippen molar-refractivity contribution in [2.45, 2.75) is 6.54 Å². The first-order chi connectivity index (χ1) is 8.97. The number of nitrogens with one attached hydrogen (secondary N) is 1. The average molecular weight is 334 g/mol. The summed E-state index contributed by atoms with van der Waals surface area (Å²) in [4.78, 5) is 0. The van der Waals surface area contributed by atoms with Gasteiger partial charge in [-0.05, 0) is 40.2 Å². The van der Waals surface area contributed by atoms with Gasteiger partial charge in [0.05, 0.1) is 4.47 Å². The molecule has 100 valence electrons. The number of rotatable bonds is 3. The highest BCUT2D eigenvalue weighted by Crippen LogP contribution is 2.23. The smallest absolute Gasteiger partial charge is 0.145 e. The molecular formula is C13H8BrF4N. The van der Waals surface area contributed by atoms with Crippen molar-refractivity contribution < 1.29 is 17.6 Å². The van der Waals surface area contributed by atoms with Gasteiger partial charge in [-0.25, -0.2) is 17.6 Å². The molecule has 0 aliphatic carbocycles. The third-order valence-electron chi connectivity index (χ3n) is 2.47. The Hall–Kier alpha value is -1.56. The van der Waals surface area contributed by atoms with Gasteiger partial charge in [0.25, 0.3) is 0 Å². The predicted molar refractivity (Wildman–Crippen MR) is 67.7 cm³/mol. The van der Waals surface area contributed by atoms with Gasteiger partial charge in [-0.3, -0.25) is 0 Å². The molecule has 0 saturated heterocycles. The van der Waals surface area contributed by atoms with Crippen LogP contribution in [-0.2, 0) is 6.54 Å². The van der Waals surface area contributed by atoms with Crippen LogP contribution in [0.2, 0.25) is 0 Å². The molecule has 0 heterocycles. The molecule has 0 unspecified atom stereocenters. The molecule has 0 spiro atoms. The van der Waals surface area contributed by atoms with E-state index in [2.05, 4.69) is 21.2 Å². The molecule has 1 N–H and O–H groups in total. The Labute approximate surface area is 115 Å². The van der Waals surface area contributed by atoms with Crippen molar-refractivity contribution >= 4 is 21.6 Å². The maximum Gasteiger partial charge on any atom is 0.145 e. The van der Waals surface area contributed by atoms with Crippen LogP contribution in [0.25, 0.3) is 0 Å². The van der Waals surface area contributed by atoms with Crippen molar-refractivity contribution in [1.82, 2.24) is 0 Å². The lowest BCUT2D eigenvalue weighted by molar-refractivity contribution is 0.555. The Morgan fingerprint density at radius 3 is 2.21 bits per heavy atom. The molecule has 0 bridgehead atoms. The monoisotopic (exact) mass is 333 g/mol.